The summed E-state index contributed by atoms with van der Waals surface area (Å²) in [6, 6.07) is 5.51. The van der Waals surface area contributed by atoms with Gasteiger partial charge in [-0.3, -0.25) is 14.8 Å². The van der Waals surface area contributed by atoms with Gasteiger partial charge in [0.2, 0.25) is 0 Å². The molecule has 1 aromatic heterocycles. The normalized spacial score (nSPS) is 21.5. The fourth-order valence-corrected chi connectivity index (χ4v) is 3.15. The zero-order valence-electron chi connectivity index (χ0n) is 11.3. The number of halogens is 1. The molecule has 1 amide bonds. The van der Waals surface area contributed by atoms with E-state index in [0.717, 1.165) is 24.9 Å². The van der Waals surface area contributed by atoms with Crippen LogP contribution in [-0.2, 0) is 0 Å². The molecule has 0 radical (unpaired) electrons. The largest absolute Gasteiger partial charge is 0.341 e. The predicted octanol–water partition coefficient (Wildman–Crippen LogP) is 2.72. The summed E-state index contributed by atoms with van der Waals surface area (Å²) in [7, 11) is 1.83. The minimum Gasteiger partial charge on any atom is -0.341 e. The van der Waals surface area contributed by atoms with Crippen LogP contribution >= 0.6 is 11.6 Å². The van der Waals surface area contributed by atoms with Crippen LogP contribution in [0.15, 0.2) is 30.6 Å². The van der Waals surface area contributed by atoms with Gasteiger partial charge in [0.05, 0.1) is 11.1 Å². The number of hydrogen-bond acceptors (Lipinski definition) is 3. The quantitative estimate of drug-likeness (QED) is 0.816. The Balaban J connectivity index is 1.81. The average Bonchev–Trinajstić information content (AvgIpc) is 2.44. The molecule has 0 unspecified atom stereocenters. The van der Waals surface area contributed by atoms with Crippen LogP contribution in [-0.4, -0.2) is 39.7 Å². The zero-order valence-corrected chi connectivity index (χ0v) is 12.0. The highest BCUT2D eigenvalue weighted by Crippen LogP contribution is 2.32. The Hall–Kier alpha value is -1.68. The fourth-order valence-electron chi connectivity index (χ4n) is 2.64. The molecule has 1 saturated carbocycles. The Kier molecular flexibility index (Phi) is 3.57. The van der Waals surface area contributed by atoms with Gasteiger partial charge in [-0.2, -0.15) is 0 Å². The van der Waals surface area contributed by atoms with Crippen LogP contribution in [0.1, 0.15) is 23.2 Å². The molecule has 104 valence electrons. The van der Waals surface area contributed by atoms with Gasteiger partial charge in [0.15, 0.2) is 0 Å². The molecule has 1 fully saturated rings. The Morgan fingerprint density at radius 3 is 2.85 bits per heavy atom. The minimum atomic E-state index is -0.00544. The highest BCUT2D eigenvalue weighted by Gasteiger charge is 2.29. The molecule has 1 aromatic carbocycles. The molecule has 3 rings (SSSR count). The lowest BCUT2D eigenvalue weighted by atomic mass is 9.84. The summed E-state index contributed by atoms with van der Waals surface area (Å²) in [5, 5.41) is 0.284. The number of rotatable bonds is 3. The minimum absolute atomic E-state index is 0.00544. The summed E-state index contributed by atoms with van der Waals surface area (Å²) in [6.07, 6.45) is 5.24. The van der Waals surface area contributed by atoms with Crippen molar-refractivity contribution in [1.82, 2.24) is 14.9 Å². The lowest BCUT2D eigenvalue weighted by Gasteiger charge is -2.34. The monoisotopic (exact) mass is 289 g/mol. The maximum absolute atomic E-state index is 12.5. The molecule has 2 aromatic rings. The molecule has 1 heterocycles. The van der Waals surface area contributed by atoms with Gasteiger partial charge in [-0.25, -0.2) is 0 Å². The van der Waals surface area contributed by atoms with Gasteiger partial charge < -0.3 is 4.90 Å². The van der Waals surface area contributed by atoms with Gasteiger partial charge in [-0.1, -0.05) is 6.07 Å². The number of fused-ring (bicyclic) bond motifs is 1. The second kappa shape index (κ2) is 5.37. The SMILES string of the molecule is CN(CC1CC(Cl)C1)C(=O)c1cccc2nccnc12. The van der Waals surface area contributed by atoms with E-state index < -0.39 is 0 Å². The molecule has 20 heavy (non-hydrogen) atoms. The highest BCUT2D eigenvalue weighted by molar-refractivity contribution is 6.21. The first-order valence-corrected chi connectivity index (χ1v) is 7.18. The Morgan fingerprint density at radius 2 is 2.10 bits per heavy atom. The van der Waals surface area contributed by atoms with Crippen molar-refractivity contribution in [1.29, 1.82) is 0 Å². The van der Waals surface area contributed by atoms with Gasteiger partial charge in [0.1, 0.15) is 5.52 Å². The van der Waals surface area contributed by atoms with Crippen LogP contribution < -0.4 is 0 Å². The number of aromatic nitrogens is 2. The maximum Gasteiger partial charge on any atom is 0.255 e. The Bertz CT molecular complexity index is 635. The molecule has 0 N–H and O–H groups in total. The first-order valence-electron chi connectivity index (χ1n) is 6.74. The Labute approximate surface area is 122 Å². The highest BCUT2D eigenvalue weighted by atomic mass is 35.5. The van der Waals surface area contributed by atoms with Crippen LogP contribution in [0.5, 0.6) is 0 Å². The standard InChI is InChI=1S/C15H16ClN3O/c1-19(9-10-7-11(16)8-10)15(20)12-3-2-4-13-14(12)18-6-5-17-13/h2-6,10-11H,7-9H2,1H3. The third-order valence-electron chi connectivity index (χ3n) is 3.79. The van der Waals surface area contributed by atoms with E-state index in [1.165, 1.54) is 0 Å². The second-order valence-electron chi connectivity index (χ2n) is 5.35. The predicted molar refractivity (Wildman–Crippen MR) is 78.9 cm³/mol. The summed E-state index contributed by atoms with van der Waals surface area (Å²) in [6.45, 7) is 0.749. The molecular formula is C15H16ClN3O. The number of amides is 1. The molecule has 0 bridgehead atoms. The number of nitrogens with zero attached hydrogens (tertiary/aromatic N) is 3. The molecule has 0 atom stereocenters. The average molecular weight is 290 g/mol. The first-order chi connectivity index (χ1) is 9.65. The topological polar surface area (TPSA) is 46.1 Å². The summed E-state index contributed by atoms with van der Waals surface area (Å²) in [5.74, 6) is 0.515. The molecule has 5 heteroatoms. The molecule has 0 saturated heterocycles. The van der Waals surface area contributed by atoms with Gasteiger partial charge in [0.25, 0.3) is 5.91 Å². The van der Waals surface area contributed by atoms with Crippen molar-refractivity contribution in [3.8, 4) is 0 Å². The maximum atomic E-state index is 12.5. The van der Waals surface area contributed by atoms with Crippen molar-refractivity contribution in [2.75, 3.05) is 13.6 Å². The molecule has 4 nitrogen and oxygen atoms in total. The number of para-hydroxylation sites is 1. The lowest BCUT2D eigenvalue weighted by Crippen LogP contribution is -2.38. The van der Waals surface area contributed by atoms with Crippen molar-refractivity contribution in [2.45, 2.75) is 18.2 Å². The number of carbonyl (C=O) groups excluding carboxylic acids is 1. The summed E-state index contributed by atoms with van der Waals surface area (Å²) < 4.78 is 0. The fraction of sp³-hybridized carbons (Fsp3) is 0.400. The number of carbonyl (C=O) groups is 1. The van der Waals surface area contributed by atoms with Crippen LogP contribution in [0.3, 0.4) is 0 Å². The van der Waals surface area contributed by atoms with E-state index in [1.54, 1.807) is 23.4 Å². The lowest BCUT2D eigenvalue weighted by molar-refractivity contribution is 0.0748. The zero-order chi connectivity index (χ0) is 14.1. The van der Waals surface area contributed by atoms with Crippen molar-refractivity contribution < 1.29 is 4.79 Å². The molecule has 1 aliphatic carbocycles. The smallest absolute Gasteiger partial charge is 0.255 e. The van der Waals surface area contributed by atoms with Crippen LogP contribution in [0.4, 0.5) is 0 Å². The van der Waals surface area contributed by atoms with E-state index in [-0.39, 0.29) is 11.3 Å². The van der Waals surface area contributed by atoms with Crippen LogP contribution in [0.2, 0.25) is 0 Å². The van der Waals surface area contributed by atoms with E-state index in [0.29, 0.717) is 17.0 Å². The van der Waals surface area contributed by atoms with Crippen molar-refractivity contribution in [3.05, 3.63) is 36.2 Å². The summed E-state index contributed by atoms with van der Waals surface area (Å²) >= 11 is 5.98. The third-order valence-corrected chi connectivity index (χ3v) is 4.14. The summed E-state index contributed by atoms with van der Waals surface area (Å²) in [4.78, 5) is 22.8. The number of alkyl halides is 1. The van der Waals surface area contributed by atoms with Crippen LogP contribution in [0, 0.1) is 5.92 Å². The van der Waals surface area contributed by atoms with Gasteiger partial charge in [-0.05, 0) is 30.9 Å². The van der Waals surface area contributed by atoms with E-state index >= 15 is 0 Å². The summed E-state index contributed by atoms with van der Waals surface area (Å²) in [5.41, 5.74) is 2.02. The molecule has 0 aliphatic heterocycles. The van der Waals surface area contributed by atoms with E-state index in [9.17, 15) is 4.79 Å². The molecule has 0 spiro atoms. The molecular weight excluding hydrogens is 274 g/mol. The van der Waals surface area contributed by atoms with E-state index in [2.05, 4.69) is 9.97 Å². The van der Waals surface area contributed by atoms with Gasteiger partial charge in [-0.15, -0.1) is 11.6 Å². The Morgan fingerprint density at radius 1 is 1.35 bits per heavy atom. The third kappa shape index (κ3) is 2.48. The van der Waals surface area contributed by atoms with Crippen molar-refractivity contribution in [2.24, 2.45) is 5.92 Å². The van der Waals surface area contributed by atoms with E-state index in [1.807, 2.05) is 19.2 Å². The van der Waals surface area contributed by atoms with Crippen LogP contribution in [0.25, 0.3) is 11.0 Å². The first kappa shape index (κ1) is 13.3. The van der Waals surface area contributed by atoms with Gasteiger partial charge in [0, 0.05) is 31.4 Å². The number of hydrogen-bond donors (Lipinski definition) is 0. The van der Waals surface area contributed by atoms with E-state index in [4.69, 9.17) is 11.6 Å². The number of benzene rings is 1. The second-order valence-corrected chi connectivity index (χ2v) is 5.97. The van der Waals surface area contributed by atoms with Crippen molar-refractivity contribution >= 4 is 28.5 Å². The van der Waals surface area contributed by atoms with Crippen molar-refractivity contribution in [3.63, 3.8) is 0 Å². The molecule has 1 aliphatic rings. The van der Waals surface area contributed by atoms with Gasteiger partial charge >= 0.3 is 0 Å².